The van der Waals surface area contributed by atoms with Crippen LogP contribution in [0.4, 0.5) is 4.79 Å². The highest BCUT2D eigenvalue weighted by molar-refractivity contribution is 7.84. The molecule has 20 heavy (non-hydrogen) atoms. The van der Waals surface area contributed by atoms with Crippen LogP contribution in [0, 0.1) is 0 Å². The van der Waals surface area contributed by atoms with Crippen LogP contribution in [0.25, 0.3) is 0 Å². The second kappa shape index (κ2) is 7.06. The molecule has 0 bridgehead atoms. The fourth-order valence-corrected chi connectivity index (χ4v) is 2.94. The lowest BCUT2D eigenvalue weighted by Gasteiger charge is -2.34. The average Bonchev–Trinajstić information content (AvgIpc) is 2.81. The molecule has 0 spiro atoms. The highest BCUT2D eigenvalue weighted by Crippen LogP contribution is 2.34. The summed E-state index contributed by atoms with van der Waals surface area (Å²) in [6.07, 6.45) is 3.97. The van der Waals surface area contributed by atoms with Crippen molar-refractivity contribution in [1.29, 1.82) is 0 Å². The minimum Gasteiger partial charge on any atom is -0.479 e. The Morgan fingerprint density at radius 2 is 2.15 bits per heavy atom. The molecule has 2 N–H and O–H groups in total. The van der Waals surface area contributed by atoms with Gasteiger partial charge in [0.2, 0.25) is 0 Å². The number of urea groups is 1. The van der Waals surface area contributed by atoms with Crippen molar-refractivity contribution in [2.24, 2.45) is 0 Å². The molecule has 7 heteroatoms. The maximum atomic E-state index is 12.2. The van der Waals surface area contributed by atoms with Crippen molar-refractivity contribution in [3.05, 3.63) is 0 Å². The van der Waals surface area contributed by atoms with Crippen LogP contribution < -0.4 is 5.32 Å². The summed E-state index contributed by atoms with van der Waals surface area (Å²) in [5, 5.41) is 12.1. The van der Waals surface area contributed by atoms with Gasteiger partial charge >= 0.3 is 12.0 Å². The third-order valence-corrected chi connectivity index (χ3v) is 5.20. The molecular weight excluding hydrogens is 280 g/mol. The number of nitrogens with one attached hydrogen (secondary N) is 1. The van der Waals surface area contributed by atoms with Crippen molar-refractivity contribution in [2.45, 2.75) is 50.3 Å². The number of carbonyl (C=O) groups excluding carboxylic acids is 1. The summed E-state index contributed by atoms with van der Waals surface area (Å²) in [6, 6.07) is -0.365. The van der Waals surface area contributed by atoms with Crippen LogP contribution in [-0.2, 0) is 15.6 Å². The summed E-state index contributed by atoms with van der Waals surface area (Å²) in [5.74, 6) is -0.931. The highest BCUT2D eigenvalue weighted by Gasteiger charge is 2.49. The average molecular weight is 304 g/mol. The largest absolute Gasteiger partial charge is 0.479 e. The molecule has 6 nitrogen and oxygen atoms in total. The Morgan fingerprint density at radius 3 is 2.65 bits per heavy atom. The predicted molar refractivity (Wildman–Crippen MR) is 78.1 cm³/mol. The van der Waals surface area contributed by atoms with E-state index in [2.05, 4.69) is 5.32 Å². The van der Waals surface area contributed by atoms with E-state index in [0.29, 0.717) is 38.8 Å². The Labute approximate surface area is 122 Å². The second-order valence-electron chi connectivity index (χ2n) is 5.34. The third kappa shape index (κ3) is 3.50. The standard InChI is InChI=1S/C13H24N2O4S/c1-4-6-13(11(16)17)7-5-8-15(13)12(18)14-9-10(2)20(3)19/h10H,4-9H2,1-3H3,(H,14,18)(H,16,17). The van der Waals surface area contributed by atoms with E-state index in [9.17, 15) is 18.9 Å². The zero-order valence-corrected chi connectivity index (χ0v) is 13.2. The van der Waals surface area contributed by atoms with Gasteiger partial charge in [-0.15, -0.1) is 0 Å². The number of amides is 2. The van der Waals surface area contributed by atoms with Crippen molar-refractivity contribution in [1.82, 2.24) is 10.2 Å². The number of likely N-dealkylation sites (tertiary alicyclic amines) is 1. The Morgan fingerprint density at radius 1 is 1.50 bits per heavy atom. The molecule has 1 aliphatic rings. The van der Waals surface area contributed by atoms with Crippen LogP contribution in [0.2, 0.25) is 0 Å². The van der Waals surface area contributed by atoms with Gasteiger partial charge in [-0.2, -0.15) is 0 Å². The number of carboxylic acid groups (broad SMARTS) is 1. The Bertz CT molecular complexity index is 402. The van der Waals surface area contributed by atoms with Gasteiger partial charge in [0.15, 0.2) is 0 Å². The zero-order valence-electron chi connectivity index (χ0n) is 12.3. The second-order valence-corrected chi connectivity index (χ2v) is 7.14. The first kappa shape index (κ1) is 16.9. The summed E-state index contributed by atoms with van der Waals surface area (Å²) in [7, 11) is -1.01. The first-order chi connectivity index (χ1) is 9.35. The van der Waals surface area contributed by atoms with E-state index in [1.807, 2.05) is 6.92 Å². The summed E-state index contributed by atoms with van der Waals surface area (Å²) < 4.78 is 11.3. The van der Waals surface area contributed by atoms with E-state index in [1.54, 1.807) is 13.2 Å². The van der Waals surface area contributed by atoms with Crippen LogP contribution in [-0.4, -0.2) is 56.3 Å². The molecule has 1 heterocycles. The monoisotopic (exact) mass is 304 g/mol. The fraction of sp³-hybridized carbons (Fsp3) is 0.846. The van der Waals surface area contributed by atoms with E-state index in [1.165, 1.54) is 4.90 Å². The van der Waals surface area contributed by atoms with Gasteiger partial charge in [0.1, 0.15) is 5.54 Å². The lowest BCUT2D eigenvalue weighted by Crippen LogP contribution is -2.56. The molecule has 0 radical (unpaired) electrons. The molecule has 3 unspecified atom stereocenters. The van der Waals surface area contributed by atoms with E-state index in [0.717, 1.165) is 0 Å². The molecule has 0 saturated carbocycles. The molecule has 0 aliphatic carbocycles. The number of carbonyl (C=O) groups is 2. The summed E-state index contributed by atoms with van der Waals surface area (Å²) in [4.78, 5) is 25.3. The molecule has 0 aromatic rings. The van der Waals surface area contributed by atoms with Crippen molar-refractivity contribution in [3.8, 4) is 0 Å². The summed E-state index contributed by atoms with van der Waals surface area (Å²) in [5.41, 5.74) is -1.08. The van der Waals surface area contributed by atoms with Crippen molar-refractivity contribution >= 4 is 22.8 Å². The van der Waals surface area contributed by atoms with Gasteiger partial charge in [-0.05, 0) is 26.2 Å². The number of aliphatic carboxylic acids is 1. The Hall–Kier alpha value is -1.11. The molecule has 1 saturated heterocycles. The van der Waals surface area contributed by atoms with E-state index < -0.39 is 22.3 Å². The lowest BCUT2D eigenvalue weighted by atomic mass is 9.91. The highest BCUT2D eigenvalue weighted by atomic mass is 32.2. The van der Waals surface area contributed by atoms with Gasteiger partial charge in [0, 0.05) is 35.4 Å². The topological polar surface area (TPSA) is 86.7 Å². The van der Waals surface area contributed by atoms with E-state index in [-0.39, 0.29) is 11.3 Å². The van der Waals surface area contributed by atoms with Crippen LogP contribution in [0.5, 0.6) is 0 Å². The molecule has 2 amide bonds. The van der Waals surface area contributed by atoms with Crippen molar-refractivity contribution < 1.29 is 18.9 Å². The lowest BCUT2D eigenvalue weighted by molar-refractivity contribution is -0.148. The fourth-order valence-electron chi connectivity index (χ4n) is 2.62. The van der Waals surface area contributed by atoms with E-state index in [4.69, 9.17) is 0 Å². The molecular formula is C13H24N2O4S. The first-order valence-corrected chi connectivity index (χ1v) is 8.58. The molecule has 3 atom stereocenters. The van der Waals surface area contributed by atoms with Gasteiger partial charge < -0.3 is 15.3 Å². The maximum absolute atomic E-state index is 12.2. The third-order valence-electron chi connectivity index (χ3n) is 3.90. The minimum absolute atomic E-state index is 0.146. The predicted octanol–water partition coefficient (Wildman–Crippen LogP) is 1.18. The van der Waals surface area contributed by atoms with Gasteiger partial charge in [-0.3, -0.25) is 4.21 Å². The normalized spacial score (nSPS) is 25.2. The number of rotatable bonds is 6. The quantitative estimate of drug-likeness (QED) is 0.771. The van der Waals surface area contributed by atoms with Crippen LogP contribution >= 0.6 is 0 Å². The van der Waals surface area contributed by atoms with Gasteiger partial charge in [-0.25, -0.2) is 9.59 Å². The number of hydrogen-bond donors (Lipinski definition) is 2. The smallest absolute Gasteiger partial charge is 0.329 e. The van der Waals surface area contributed by atoms with Gasteiger partial charge in [-0.1, -0.05) is 13.3 Å². The van der Waals surface area contributed by atoms with E-state index >= 15 is 0 Å². The van der Waals surface area contributed by atoms with Crippen LogP contribution in [0.3, 0.4) is 0 Å². The van der Waals surface area contributed by atoms with Crippen LogP contribution in [0.15, 0.2) is 0 Å². The Balaban J connectivity index is 2.74. The molecule has 0 aromatic heterocycles. The Kier molecular flexibility index (Phi) is 5.98. The molecule has 0 aromatic carbocycles. The van der Waals surface area contributed by atoms with Gasteiger partial charge in [0.05, 0.1) is 0 Å². The van der Waals surface area contributed by atoms with Crippen LogP contribution in [0.1, 0.15) is 39.5 Å². The minimum atomic E-state index is -1.08. The molecule has 1 rings (SSSR count). The number of hydrogen-bond acceptors (Lipinski definition) is 3. The number of carboxylic acids is 1. The van der Waals surface area contributed by atoms with Crippen molar-refractivity contribution in [2.75, 3.05) is 19.3 Å². The zero-order chi connectivity index (χ0) is 15.3. The molecule has 1 fully saturated rings. The summed E-state index contributed by atoms with van der Waals surface area (Å²) in [6.45, 7) is 4.46. The summed E-state index contributed by atoms with van der Waals surface area (Å²) >= 11 is 0. The van der Waals surface area contributed by atoms with Gasteiger partial charge in [0.25, 0.3) is 0 Å². The molecule has 116 valence electrons. The SMILES string of the molecule is CCCC1(C(=O)O)CCCN1C(=O)NCC(C)S(C)=O. The molecule has 1 aliphatic heterocycles. The number of nitrogens with zero attached hydrogens (tertiary/aromatic N) is 1. The maximum Gasteiger partial charge on any atom is 0.329 e. The first-order valence-electron chi connectivity index (χ1n) is 6.96. The van der Waals surface area contributed by atoms with Crippen molar-refractivity contribution in [3.63, 3.8) is 0 Å².